The molecule has 0 atom stereocenters. The number of rotatable bonds is 4. The summed E-state index contributed by atoms with van der Waals surface area (Å²) in [6.45, 7) is 0. The Hall–Kier alpha value is -4.80. The number of pyridine rings is 2. The predicted octanol–water partition coefficient (Wildman–Crippen LogP) is 8.60. The molecule has 7 aromatic rings. The molecule has 0 fully saturated rings. The Morgan fingerprint density at radius 2 is 1.34 bits per heavy atom. The monoisotopic (exact) mass is 506 g/mol. The van der Waals surface area contributed by atoms with Gasteiger partial charge in [0, 0.05) is 28.1 Å². The van der Waals surface area contributed by atoms with E-state index in [0.717, 1.165) is 55.5 Å². The summed E-state index contributed by atoms with van der Waals surface area (Å²) in [6, 6.07) is 38.8. The average Bonchev–Trinajstić information content (AvgIpc) is 3.53. The molecule has 0 N–H and O–H groups in total. The van der Waals surface area contributed by atoms with Crippen molar-refractivity contribution in [3.05, 3.63) is 143 Å². The van der Waals surface area contributed by atoms with Gasteiger partial charge in [-0.2, -0.15) is 11.3 Å². The van der Waals surface area contributed by atoms with Crippen LogP contribution in [-0.2, 0) is 0 Å². The van der Waals surface area contributed by atoms with E-state index in [2.05, 4.69) is 65.4 Å². The van der Waals surface area contributed by atoms with E-state index in [-0.39, 0.29) is 5.56 Å². The Bertz CT molecular complexity index is 1980. The van der Waals surface area contributed by atoms with Gasteiger partial charge in [-0.05, 0) is 51.0 Å². The van der Waals surface area contributed by atoms with E-state index in [1.54, 1.807) is 17.5 Å². The van der Waals surface area contributed by atoms with Crippen LogP contribution < -0.4 is 5.56 Å². The fourth-order valence-corrected chi connectivity index (χ4v) is 5.99. The molecule has 0 saturated carbocycles. The molecule has 4 aromatic carbocycles. The van der Waals surface area contributed by atoms with Crippen molar-refractivity contribution in [1.29, 1.82) is 0 Å². The lowest BCUT2D eigenvalue weighted by atomic mass is 9.92. The molecule has 3 heterocycles. The van der Waals surface area contributed by atoms with Gasteiger partial charge in [-0.15, -0.1) is 0 Å². The largest absolute Gasteiger partial charge is 0.273 e. The Kier molecular flexibility index (Phi) is 5.46. The minimum Gasteiger partial charge on any atom is -0.273 e. The van der Waals surface area contributed by atoms with Crippen molar-refractivity contribution in [3.8, 4) is 39.2 Å². The van der Waals surface area contributed by atoms with E-state index in [1.807, 2.05) is 65.2 Å². The lowest BCUT2D eigenvalue weighted by molar-refractivity contribution is 1.03. The van der Waals surface area contributed by atoms with Gasteiger partial charge in [0.25, 0.3) is 5.56 Å². The summed E-state index contributed by atoms with van der Waals surface area (Å²) in [5, 5.41) is 6.79. The molecule has 0 aliphatic rings. The van der Waals surface area contributed by atoms with Crippen molar-refractivity contribution in [2.45, 2.75) is 0 Å². The molecule has 4 heteroatoms. The van der Waals surface area contributed by atoms with Crippen LogP contribution >= 0.6 is 11.3 Å². The first kappa shape index (κ1) is 22.4. The van der Waals surface area contributed by atoms with E-state index in [4.69, 9.17) is 4.98 Å². The molecule has 0 unspecified atom stereocenters. The molecule has 0 spiro atoms. The van der Waals surface area contributed by atoms with Gasteiger partial charge in [-0.1, -0.05) is 97.1 Å². The normalized spacial score (nSPS) is 11.3. The highest BCUT2D eigenvalue weighted by Gasteiger charge is 2.24. The van der Waals surface area contributed by atoms with Crippen LogP contribution in [0, 0.1) is 0 Å². The predicted molar refractivity (Wildman–Crippen MR) is 159 cm³/mol. The van der Waals surface area contributed by atoms with Crippen molar-refractivity contribution in [2.24, 2.45) is 0 Å². The van der Waals surface area contributed by atoms with Crippen LogP contribution in [0.2, 0.25) is 0 Å². The van der Waals surface area contributed by atoms with E-state index in [9.17, 15) is 4.79 Å². The standard InChI is InChI=1S/C34H22N2OS/c37-34-29-16-8-7-15-28(29)30(23-10-3-1-4-11-23)32(25-12-5-2-6-13-25)36(34)33-27(26-19-21-38-22-26)18-17-24-14-9-20-35-31(24)33/h1-22H. The van der Waals surface area contributed by atoms with Crippen molar-refractivity contribution in [1.82, 2.24) is 9.55 Å². The molecule has 7 rings (SSSR count). The molecule has 0 amide bonds. The molecule has 38 heavy (non-hydrogen) atoms. The molecule has 3 aromatic heterocycles. The maximum absolute atomic E-state index is 14.6. The van der Waals surface area contributed by atoms with Crippen LogP contribution in [0.1, 0.15) is 0 Å². The molecule has 0 radical (unpaired) electrons. The van der Waals surface area contributed by atoms with Gasteiger partial charge in [0.15, 0.2) is 0 Å². The van der Waals surface area contributed by atoms with Gasteiger partial charge >= 0.3 is 0 Å². The zero-order valence-corrected chi connectivity index (χ0v) is 21.2. The number of aromatic nitrogens is 2. The molecule has 0 saturated heterocycles. The summed E-state index contributed by atoms with van der Waals surface area (Å²) in [6.07, 6.45) is 1.80. The minimum atomic E-state index is -0.0613. The third kappa shape index (κ3) is 3.58. The smallest absolute Gasteiger partial charge is 0.263 e. The first-order chi connectivity index (χ1) is 18.8. The number of nitrogens with zero attached hydrogens (tertiary/aromatic N) is 2. The lowest BCUT2D eigenvalue weighted by Gasteiger charge is -2.23. The van der Waals surface area contributed by atoms with Gasteiger partial charge in [0.1, 0.15) is 0 Å². The molecule has 0 aliphatic heterocycles. The Morgan fingerprint density at radius 1 is 0.632 bits per heavy atom. The summed E-state index contributed by atoms with van der Waals surface area (Å²) in [5.41, 5.74) is 7.49. The SMILES string of the molecule is O=c1c2ccccc2c(-c2ccccc2)c(-c2ccccc2)n1-c1c(-c2ccsc2)ccc2cccnc12. The highest BCUT2D eigenvalue weighted by atomic mass is 32.1. The lowest BCUT2D eigenvalue weighted by Crippen LogP contribution is -2.23. The zero-order valence-electron chi connectivity index (χ0n) is 20.4. The second-order valence-corrected chi connectivity index (χ2v) is 9.97. The van der Waals surface area contributed by atoms with Crippen LogP contribution in [0.25, 0.3) is 60.9 Å². The first-order valence-electron chi connectivity index (χ1n) is 12.5. The second kappa shape index (κ2) is 9.25. The van der Waals surface area contributed by atoms with E-state index in [0.29, 0.717) is 5.39 Å². The van der Waals surface area contributed by atoms with Crippen LogP contribution in [0.3, 0.4) is 0 Å². The van der Waals surface area contributed by atoms with Gasteiger partial charge in [0.05, 0.1) is 16.9 Å². The van der Waals surface area contributed by atoms with Crippen LogP contribution in [0.15, 0.2) is 137 Å². The molecule has 0 bridgehead atoms. The van der Waals surface area contributed by atoms with Gasteiger partial charge in [-0.3, -0.25) is 14.3 Å². The Labute approximate surface area is 223 Å². The molecular weight excluding hydrogens is 484 g/mol. The van der Waals surface area contributed by atoms with E-state index >= 15 is 0 Å². The third-order valence-electron chi connectivity index (χ3n) is 7.00. The third-order valence-corrected chi connectivity index (χ3v) is 7.69. The summed E-state index contributed by atoms with van der Waals surface area (Å²) >= 11 is 1.64. The van der Waals surface area contributed by atoms with Gasteiger partial charge in [0.2, 0.25) is 0 Å². The quantitative estimate of drug-likeness (QED) is 0.240. The zero-order chi connectivity index (χ0) is 25.5. The van der Waals surface area contributed by atoms with Crippen molar-refractivity contribution >= 4 is 33.0 Å². The highest BCUT2D eigenvalue weighted by Crippen LogP contribution is 2.41. The van der Waals surface area contributed by atoms with E-state index in [1.165, 1.54) is 0 Å². The summed E-state index contributed by atoms with van der Waals surface area (Å²) < 4.78 is 1.91. The molecule has 3 nitrogen and oxygen atoms in total. The summed E-state index contributed by atoms with van der Waals surface area (Å²) in [4.78, 5) is 19.4. The highest BCUT2D eigenvalue weighted by molar-refractivity contribution is 7.08. The van der Waals surface area contributed by atoms with Crippen LogP contribution in [0.5, 0.6) is 0 Å². The van der Waals surface area contributed by atoms with Crippen LogP contribution in [-0.4, -0.2) is 9.55 Å². The summed E-state index contributed by atoms with van der Waals surface area (Å²) in [7, 11) is 0. The number of hydrogen-bond acceptors (Lipinski definition) is 3. The average molecular weight is 507 g/mol. The second-order valence-electron chi connectivity index (χ2n) is 9.19. The fraction of sp³-hybridized carbons (Fsp3) is 0. The molecule has 180 valence electrons. The Balaban J connectivity index is 1.76. The number of hydrogen-bond donors (Lipinski definition) is 0. The minimum absolute atomic E-state index is 0.0613. The maximum Gasteiger partial charge on any atom is 0.263 e. The van der Waals surface area contributed by atoms with E-state index < -0.39 is 0 Å². The van der Waals surface area contributed by atoms with Crippen LogP contribution in [0.4, 0.5) is 0 Å². The number of benzene rings is 4. The molecule has 0 aliphatic carbocycles. The fourth-order valence-electron chi connectivity index (χ4n) is 5.34. The van der Waals surface area contributed by atoms with Gasteiger partial charge in [-0.25, -0.2) is 0 Å². The van der Waals surface area contributed by atoms with Gasteiger partial charge < -0.3 is 0 Å². The van der Waals surface area contributed by atoms with Crippen molar-refractivity contribution in [2.75, 3.05) is 0 Å². The molecular formula is C34H22N2OS. The van der Waals surface area contributed by atoms with Crippen molar-refractivity contribution < 1.29 is 0 Å². The van der Waals surface area contributed by atoms with Crippen molar-refractivity contribution in [3.63, 3.8) is 0 Å². The number of thiophene rings is 1. The number of fused-ring (bicyclic) bond motifs is 2. The maximum atomic E-state index is 14.6. The summed E-state index contributed by atoms with van der Waals surface area (Å²) in [5.74, 6) is 0. The topological polar surface area (TPSA) is 34.9 Å². The Morgan fingerprint density at radius 3 is 2.08 bits per heavy atom. The first-order valence-corrected chi connectivity index (χ1v) is 13.4.